The number of likely N-dealkylation sites (N-methyl/N-ethyl adjacent to an activating group) is 1. The maximum Gasteiger partial charge on any atom is 0.331 e. The number of hydrogen-bond donors (Lipinski definition) is 0. The van der Waals surface area contributed by atoms with Gasteiger partial charge in [0.15, 0.2) is 0 Å². The van der Waals surface area contributed by atoms with Crippen molar-refractivity contribution in [2.24, 2.45) is 0 Å². The molecule has 3 rings (SSSR count). The molecule has 2 aliphatic rings. The summed E-state index contributed by atoms with van der Waals surface area (Å²) in [4.78, 5) is 26.3. The fraction of sp³-hybridized carbons (Fsp3) is 0.273. The number of nitrogens with zero attached hydrogens (tertiary/aromatic N) is 2. The SMILES string of the molecule is CN1C(=O)C2Cc3ccccc3N2C1=O. The van der Waals surface area contributed by atoms with Crippen molar-refractivity contribution >= 4 is 17.6 Å². The second-order valence-corrected chi connectivity index (χ2v) is 3.90. The van der Waals surface area contributed by atoms with E-state index >= 15 is 0 Å². The first-order valence-electron chi connectivity index (χ1n) is 4.89. The molecule has 1 aromatic carbocycles. The van der Waals surface area contributed by atoms with Gasteiger partial charge in [0.05, 0.1) is 0 Å². The predicted molar refractivity (Wildman–Crippen MR) is 54.6 cm³/mol. The molecule has 1 atom stereocenters. The molecule has 0 saturated carbocycles. The minimum absolute atomic E-state index is 0.101. The molecule has 4 heteroatoms. The van der Waals surface area contributed by atoms with E-state index in [-0.39, 0.29) is 18.0 Å². The Morgan fingerprint density at radius 1 is 1.27 bits per heavy atom. The average molecular weight is 202 g/mol. The summed E-state index contributed by atoms with van der Waals surface area (Å²) in [5.41, 5.74) is 1.96. The minimum atomic E-state index is -0.306. The highest BCUT2D eigenvalue weighted by Crippen LogP contribution is 2.36. The van der Waals surface area contributed by atoms with Crippen molar-refractivity contribution in [1.29, 1.82) is 0 Å². The smallest absolute Gasteiger partial charge is 0.281 e. The molecule has 2 heterocycles. The standard InChI is InChI=1S/C11H10N2O2/c1-12-10(14)9-6-7-4-2-3-5-8(7)13(9)11(12)15/h2-5,9H,6H2,1H3. The molecule has 1 unspecified atom stereocenters. The number of hydrogen-bond acceptors (Lipinski definition) is 2. The molecular formula is C11H10N2O2. The molecule has 15 heavy (non-hydrogen) atoms. The third-order valence-electron chi connectivity index (χ3n) is 3.08. The van der Waals surface area contributed by atoms with Crippen molar-refractivity contribution in [3.63, 3.8) is 0 Å². The lowest BCUT2D eigenvalue weighted by atomic mass is 10.1. The van der Waals surface area contributed by atoms with Crippen molar-refractivity contribution in [2.75, 3.05) is 11.9 Å². The summed E-state index contributed by atoms with van der Waals surface area (Å²) < 4.78 is 0. The number of carbonyl (C=O) groups excluding carboxylic acids is 2. The van der Waals surface area contributed by atoms with Crippen LogP contribution in [-0.2, 0) is 11.2 Å². The Labute approximate surface area is 87.1 Å². The van der Waals surface area contributed by atoms with E-state index in [0.717, 1.165) is 11.3 Å². The normalized spacial score (nSPS) is 23.4. The topological polar surface area (TPSA) is 40.6 Å². The van der Waals surface area contributed by atoms with Crippen LogP contribution in [0.4, 0.5) is 10.5 Å². The molecule has 0 radical (unpaired) electrons. The molecule has 0 bridgehead atoms. The lowest BCUT2D eigenvalue weighted by molar-refractivity contribution is -0.126. The molecule has 1 saturated heterocycles. The molecule has 4 nitrogen and oxygen atoms in total. The maximum atomic E-state index is 11.8. The van der Waals surface area contributed by atoms with E-state index in [1.807, 2.05) is 24.3 Å². The Hall–Kier alpha value is -1.84. The lowest BCUT2D eigenvalue weighted by Crippen LogP contribution is -2.31. The summed E-state index contributed by atoms with van der Waals surface area (Å²) in [6.07, 6.45) is 0.644. The second-order valence-electron chi connectivity index (χ2n) is 3.90. The lowest BCUT2D eigenvalue weighted by Gasteiger charge is -2.13. The van der Waals surface area contributed by atoms with Gasteiger partial charge in [-0.2, -0.15) is 0 Å². The molecular weight excluding hydrogens is 192 g/mol. The predicted octanol–water partition coefficient (Wildman–Crippen LogP) is 1.01. The number of rotatable bonds is 0. The number of urea groups is 1. The molecule has 2 aliphatic heterocycles. The highest BCUT2D eigenvalue weighted by molar-refractivity contribution is 6.15. The van der Waals surface area contributed by atoms with E-state index in [4.69, 9.17) is 0 Å². The zero-order chi connectivity index (χ0) is 10.6. The Balaban J connectivity index is 2.14. The molecule has 0 N–H and O–H groups in total. The van der Waals surface area contributed by atoms with Gasteiger partial charge in [0.2, 0.25) is 0 Å². The Morgan fingerprint density at radius 2 is 2.00 bits per heavy atom. The van der Waals surface area contributed by atoms with E-state index in [2.05, 4.69) is 0 Å². The van der Waals surface area contributed by atoms with Crippen molar-refractivity contribution in [3.05, 3.63) is 29.8 Å². The van der Waals surface area contributed by atoms with Gasteiger partial charge in [0, 0.05) is 19.2 Å². The van der Waals surface area contributed by atoms with Gasteiger partial charge in [-0.15, -0.1) is 0 Å². The third kappa shape index (κ3) is 0.909. The quantitative estimate of drug-likeness (QED) is 0.589. The Morgan fingerprint density at radius 3 is 2.80 bits per heavy atom. The average Bonchev–Trinajstić information content (AvgIpc) is 2.72. The number of imide groups is 1. The number of fused-ring (bicyclic) bond motifs is 3. The largest absolute Gasteiger partial charge is 0.331 e. The number of carbonyl (C=O) groups is 2. The summed E-state index contributed by atoms with van der Waals surface area (Å²) in [5, 5.41) is 0. The summed E-state index contributed by atoms with van der Waals surface area (Å²) in [6.45, 7) is 0. The van der Waals surface area contributed by atoms with Gasteiger partial charge in [-0.05, 0) is 11.6 Å². The fourth-order valence-electron chi connectivity index (χ4n) is 2.30. The van der Waals surface area contributed by atoms with Crippen molar-refractivity contribution < 1.29 is 9.59 Å². The minimum Gasteiger partial charge on any atom is -0.281 e. The van der Waals surface area contributed by atoms with E-state index in [1.165, 1.54) is 11.9 Å². The third-order valence-corrected chi connectivity index (χ3v) is 3.08. The van der Waals surface area contributed by atoms with Gasteiger partial charge < -0.3 is 0 Å². The van der Waals surface area contributed by atoms with Crippen LogP contribution < -0.4 is 4.90 Å². The van der Waals surface area contributed by atoms with Gasteiger partial charge in [0.1, 0.15) is 6.04 Å². The number of para-hydroxylation sites is 1. The van der Waals surface area contributed by atoms with Crippen LogP contribution in [0, 0.1) is 0 Å². The highest BCUT2D eigenvalue weighted by atomic mass is 16.2. The van der Waals surface area contributed by atoms with Gasteiger partial charge in [-0.3, -0.25) is 14.6 Å². The highest BCUT2D eigenvalue weighted by Gasteiger charge is 2.48. The summed E-state index contributed by atoms with van der Waals surface area (Å²) in [5.74, 6) is -0.101. The van der Waals surface area contributed by atoms with Gasteiger partial charge in [-0.1, -0.05) is 18.2 Å². The first kappa shape index (κ1) is 8.47. The Kier molecular flexibility index (Phi) is 1.46. The van der Waals surface area contributed by atoms with Crippen molar-refractivity contribution in [1.82, 2.24) is 4.90 Å². The zero-order valence-electron chi connectivity index (χ0n) is 8.30. The van der Waals surface area contributed by atoms with Crippen LogP contribution in [0.15, 0.2) is 24.3 Å². The summed E-state index contributed by atoms with van der Waals surface area (Å²) in [7, 11) is 1.53. The zero-order valence-corrected chi connectivity index (χ0v) is 8.30. The van der Waals surface area contributed by atoms with Crippen LogP contribution in [0.2, 0.25) is 0 Å². The number of amides is 3. The number of benzene rings is 1. The van der Waals surface area contributed by atoms with Crippen LogP contribution in [0.3, 0.4) is 0 Å². The molecule has 0 spiro atoms. The number of anilines is 1. The van der Waals surface area contributed by atoms with Crippen LogP contribution in [-0.4, -0.2) is 29.9 Å². The molecule has 76 valence electrons. The van der Waals surface area contributed by atoms with E-state index in [0.29, 0.717) is 6.42 Å². The van der Waals surface area contributed by atoms with Crippen LogP contribution in [0.5, 0.6) is 0 Å². The van der Waals surface area contributed by atoms with Crippen molar-refractivity contribution in [2.45, 2.75) is 12.5 Å². The van der Waals surface area contributed by atoms with Gasteiger partial charge in [0.25, 0.3) is 5.91 Å². The van der Waals surface area contributed by atoms with E-state index in [1.54, 1.807) is 4.90 Å². The van der Waals surface area contributed by atoms with Gasteiger partial charge in [-0.25, -0.2) is 4.79 Å². The van der Waals surface area contributed by atoms with E-state index in [9.17, 15) is 9.59 Å². The van der Waals surface area contributed by atoms with Crippen molar-refractivity contribution in [3.8, 4) is 0 Å². The fourth-order valence-corrected chi connectivity index (χ4v) is 2.30. The molecule has 1 fully saturated rings. The Bertz CT molecular complexity index is 469. The molecule has 0 aliphatic carbocycles. The van der Waals surface area contributed by atoms with Crippen LogP contribution >= 0.6 is 0 Å². The molecule has 1 aromatic rings. The first-order valence-corrected chi connectivity index (χ1v) is 4.89. The van der Waals surface area contributed by atoms with Crippen LogP contribution in [0.1, 0.15) is 5.56 Å². The van der Waals surface area contributed by atoms with Gasteiger partial charge >= 0.3 is 6.03 Å². The second kappa shape index (κ2) is 2.59. The van der Waals surface area contributed by atoms with Crippen LogP contribution in [0.25, 0.3) is 0 Å². The summed E-state index contributed by atoms with van der Waals surface area (Å²) >= 11 is 0. The molecule has 0 aromatic heterocycles. The molecule has 3 amide bonds. The first-order chi connectivity index (χ1) is 7.20. The monoisotopic (exact) mass is 202 g/mol. The summed E-state index contributed by atoms with van der Waals surface area (Å²) in [6, 6.07) is 7.15. The maximum absolute atomic E-state index is 11.8. The van der Waals surface area contributed by atoms with E-state index < -0.39 is 0 Å².